The van der Waals surface area contributed by atoms with Gasteiger partial charge in [-0.25, -0.2) is 0 Å². The van der Waals surface area contributed by atoms with E-state index >= 15 is 0 Å². The molecule has 0 radical (unpaired) electrons. The summed E-state index contributed by atoms with van der Waals surface area (Å²) in [5, 5.41) is 9.68. The number of benzene rings is 1. The lowest BCUT2D eigenvalue weighted by atomic mass is 10.1. The maximum absolute atomic E-state index is 9.68. The van der Waals surface area contributed by atoms with E-state index in [1.165, 1.54) is 0 Å². The molecule has 1 aromatic carbocycles. The molecule has 0 amide bonds. The summed E-state index contributed by atoms with van der Waals surface area (Å²) >= 11 is 0. The van der Waals surface area contributed by atoms with Gasteiger partial charge in [0.2, 0.25) is 0 Å². The lowest BCUT2D eigenvalue weighted by molar-refractivity contribution is 0.570. The molecular weight excluding hydrogens is 314 g/mol. The van der Waals surface area contributed by atoms with Crippen LogP contribution in [0.25, 0.3) is 22.8 Å². The summed E-state index contributed by atoms with van der Waals surface area (Å²) in [6.45, 7) is 0.526. The van der Waals surface area contributed by atoms with Crippen LogP contribution in [0, 0.1) is 11.3 Å². The van der Waals surface area contributed by atoms with Gasteiger partial charge in [0, 0.05) is 6.54 Å². The number of nitriles is 1. The van der Waals surface area contributed by atoms with Crippen molar-refractivity contribution in [3.05, 3.63) is 78.3 Å². The van der Waals surface area contributed by atoms with Gasteiger partial charge in [-0.3, -0.25) is 0 Å². The number of nitrogens with zero attached hydrogens (tertiary/aromatic N) is 2. The van der Waals surface area contributed by atoms with Gasteiger partial charge in [-0.2, -0.15) is 5.26 Å². The number of hydrogen-bond acceptors (Lipinski definition) is 4. The summed E-state index contributed by atoms with van der Waals surface area (Å²) in [5.41, 5.74) is 9.18. The van der Waals surface area contributed by atoms with Gasteiger partial charge >= 0.3 is 0 Å². The number of furan rings is 2. The van der Waals surface area contributed by atoms with Gasteiger partial charge in [0.1, 0.15) is 23.2 Å². The molecule has 0 aliphatic heterocycles. The molecule has 3 aromatic heterocycles. The summed E-state index contributed by atoms with van der Waals surface area (Å²) in [5.74, 6) is 1.61. The van der Waals surface area contributed by atoms with Crippen LogP contribution >= 0.6 is 0 Å². The Morgan fingerprint density at radius 2 is 1.60 bits per heavy atom. The highest BCUT2D eigenvalue weighted by Gasteiger charge is 2.26. The van der Waals surface area contributed by atoms with Crippen LogP contribution in [0.2, 0.25) is 0 Å². The maximum Gasteiger partial charge on any atom is 0.151 e. The zero-order valence-electron chi connectivity index (χ0n) is 13.3. The molecule has 5 nitrogen and oxygen atoms in total. The highest BCUT2D eigenvalue weighted by Crippen LogP contribution is 2.41. The van der Waals surface area contributed by atoms with Gasteiger partial charge in [-0.05, 0) is 29.8 Å². The predicted molar refractivity (Wildman–Crippen MR) is 94.5 cm³/mol. The molecular formula is C20H15N3O2. The molecule has 0 bridgehead atoms. The van der Waals surface area contributed by atoms with E-state index in [0.717, 1.165) is 11.3 Å². The first-order valence-corrected chi connectivity index (χ1v) is 7.83. The average molecular weight is 329 g/mol. The average Bonchev–Trinajstić information content (AvgIpc) is 3.37. The van der Waals surface area contributed by atoms with Crippen molar-refractivity contribution in [2.45, 2.75) is 6.54 Å². The molecule has 0 fully saturated rings. The summed E-state index contributed by atoms with van der Waals surface area (Å²) < 4.78 is 13.1. The first-order chi connectivity index (χ1) is 12.3. The van der Waals surface area contributed by atoms with E-state index in [9.17, 15) is 5.26 Å². The van der Waals surface area contributed by atoms with Crippen LogP contribution < -0.4 is 5.73 Å². The van der Waals surface area contributed by atoms with Gasteiger partial charge in [-0.1, -0.05) is 30.3 Å². The van der Waals surface area contributed by atoms with Crippen LogP contribution in [0.15, 0.2) is 76.0 Å². The molecule has 2 N–H and O–H groups in total. The number of nitrogens with two attached hydrogens (primary N) is 1. The van der Waals surface area contributed by atoms with E-state index in [4.69, 9.17) is 14.6 Å². The van der Waals surface area contributed by atoms with Crippen molar-refractivity contribution >= 4 is 5.82 Å². The lowest BCUT2D eigenvalue weighted by Gasteiger charge is -2.11. The number of rotatable bonds is 4. The minimum atomic E-state index is 0.386. The summed E-state index contributed by atoms with van der Waals surface area (Å²) in [7, 11) is 0. The van der Waals surface area contributed by atoms with E-state index in [1.807, 2.05) is 53.1 Å². The molecule has 0 aliphatic rings. The van der Waals surface area contributed by atoms with Crippen LogP contribution in [0.3, 0.4) is 0 Å². The van der Waals surface area contributed by atoms with Crippen molar-refractivity contribution < 1.29 is 8.83 Å². The van der Waals surface area contributed by atoms with Gasteiger partial charge in [-0.15, -0.1) is 0 Å². The van der Waals surface area contributed by atoms with Crippen molar-refractivity contribution in [1.82, 2.24) is 4.57 Å². The molecule has 5 heteroatoms. The van der Waals surface area contributed by atoms with Gasteiger partial charge in [0.15, 0.2) is 5.76 Å². The number of hydrogen-bond donors (Lipinski definition) is 1. The highest BCUT2D eigenvalue weighted by atomic mass is 16.3. The quantitative estimate of drug-likeness (QED) is 0.597. The van der Waals surface area contributed by atoms with E-state index < -0.39 is 0 Å². The second-order valence-electron chi connectivity index (χ2n) is 5.62. The largest absolute Gasteiger partial charge is 0.464 e. The van der Waals surface area contributed by atoms with Crippen LogP contribution in [-0.2, 0) is 6.54 Å². The second kappa shape index (κ2) is 6.10. The fourth-order valence-electron chi connectivity index (χ4n) is 3.01. The van der Waals surface area contributed by atoms with Crippen molar-refractivity contribution in [3.8, 4) is 28.8 Å². The van der Waals surface area contributed by atoms with Crippen molar-refractivity contribution in [3.63, 3.8) is 0 Å². The first kappa shape index (κ1) is 14.9. The van der Waals surface area contributed by atoms with Gasteiger partial charge < -0.3 is 19.1 Å². The van der Waals surface area contributed by atoms with Gasteiger partial charge in [0.05, 0.1) is 23.8 Å². The Bertz CT molecular complexity index is 1020. The Balaban J connectivity index is 1.99. The fourth-order valence-corrected chi connectivity index (χ4v) is 3.01. The molecule has 0 saturated carbocycles. The standard InChI is InChI=1S/C20H15N3O2/c21-12-15-18(16-8-4-10-24-16)19(17-9-5-11-25-17)23(20(15)22)13-14-6-2-1-3-7-14/h1-11H,13,22H2. The van der Waals surface area contributed by atoms with E-state index in [1.54, 1.807) is 18.6 Å². The molecule has 3 heterocycles. The monoisotopic (exact) mass is 329 g/mol. The normalized spacial score (nSPS) is 10.7. The molecule has 25 heavy (non-hydrogen) atoms. The topological polar surface area (TPSA) is 81.0 Å². The third-order valence-electron chi connectivity index (χ3n) is 4.12. The molecule has 0 unspecified atom stereocenters. The summed E-state index contributed by atoms with van der Waals surface area (Å²) in [4.78, 5) is 0. The van der Waals surface area contributed by atoms with Crippen LogP contribution in [-0.4, -0.2) is 4.57 Å². The van der Waals surface area contributed by atoms with E-state index in [0.29, 0.717) is 35.0 Å². The van der Waals surface area contributed by atoms with Crippen LogP contribution in [0.1, 0.15) is 11.1 Å². The van der Waals surface area contributed by atoms with Gasteiger partial charge in [0.25, 0.3) is 0 Å². The number of aromatic nitrogens is 1. The molecule has 4 rings (SSSR count). The third-order valence-corrected chi connectivity index (χ3v) is 4.12. The highest BCUT2D eigenvalue weighted by molar-refractivity contribution is 5.87. The van der Waals surface area contributed by atoms with Crippen LogP contribution in [0.5, 0.6) is 0 Å². The first-order valence-electron chi connectivity index (χ1n) is 7.83. The summed E-state index contributed by atoms with van der Waals surface area (Å²) in [6.07, 6.45) is 3.18. The van der Waals surface area contributed by atoms with Crippen molar-refractivity contribution in [2.75, 3.05) is 5.73 Å². The Hall–Kier alpha value is -3.65. The predicted octanol–water partition coefficient (Wildman–Crippen LogP) is 4.51. The zero-order chi connectivity index (χ0) is 17.2. The Kier molecular flexibility index (Phi) is 3.64. The second-order valence-corrected chi connectivity index (χ2v) is 5.62. The smallest absolute Gasteiger partial charge is 0.151 e. The molecule has 0 atom stereocenters. The Morgan fingerprint density at radius 3 is 2.20 bits per heavy atom. The molecule has 122 valence electrons. The minimum Gasteiger partial charge on any atom is -0.464 e. The fraction of sp³-hybridized carbons (Fsp3) is 0.0500. The third kappa shape index (κ3) is 2.50. The zero-order valence-corrected chi connectivity index (χ0v) is 13.3. The van der Waals surface area contributed by atoms with Crippen molar-refractivity contribution in [1.29, 1.82) is 5.26 Å². The minimum absolute atomic E-state index is 0.386. The van der Waals surface area contributed by atoms with E-state index in [-0.39, 0.29) is 0 Å². The SMILES string of the molecule is N#Cc1c(-c2ccco2)c(-c2ccco2)n(Cc2ccccc2)c1N. The van der Waals surface area contributed by atoms with Crippen molar-refractivity contribution in [2.24, 2.45) is 0 Å². The molecule has 0 aliphatic carbocycles. The summed E-state index contributed by atoms with van der Waals surface area (Å²) in [6, 6.07) is 19.4. The van der Waals surface area contributed by atoms with Crippen LogP contribution in [0.4, 0.5) is 5.82 Å². The number of nitrogen functional groups attached to an aromatic ring is 1. The Labute approximate surface area is 144 Å². The number of anilines is 1. The Morgan fingerprint density at radius 1 is 0.920 bits per heavy atom. The molecule has 0 saturated heterocycles. The molecule has 0 spiro atoms. The maximum atomic E-state index is 9.68. The lowest BCUT2D eigenvalue weighted by Crippen LogP contribution is -2.06. The van der Waals surface area contributed by atoms with E-state index in [2.05, 4.69) is 6.07 Å². The molecule has 4 aromatic rings.